The largest absolute Gasteiger partial charge is 0.292 e. The third kappa shape index (κ3) is 14.5. The predicted molar refractivity (Wildman–Crippen MR) is 623 cm³/mol. The van der Waals surface area contributed by atoms with Gasteiger partial charge in [0.15, 0.2) is 0 Å². The summed E-state index contributed by atoms with van der Waals surface area (Å²) in [5.74, 6) is 1.88. The van der Waals surface area contributed by atoms with Crippen LogP contribution in [0.25, 0.3) is 285 Å². The van der Waals surface area contributed by atoms with Gasteiger partial charge in [-0.3, -0.25) is 9.13 Å². The maximum atomic E-state index is 5.18. The molecule has 2 aromatic heterocycles. The zero-order chi connectivity index (χ0) is 96.2. The summed E-state index contributed by atoms with van der Waals surface area (Å²) in [6.07, 6.45) is 0. The van der Waals surface area contributed by atoms with E-state index in [1.165, 1.54) is 229 Å². The minimum Gasteiger partial charge on any atom is -0.292 e. The average molecular weight is 1850 g/mol. The van der Waals surface area contributed by atoms with Crippen LogP contribution in [0.4, 0.5) is 0 Å². The van der Waals surface area contributed by atoms with Crippen molar-refractivity contribution in [1.29, 1.82) is 0 Å². The molecule has 0 N–H and O–H groups in total. The SMILES string of the molecule is c1ccc(-c2ccc3ccc4ccc(-c5c6ccccc6c(-c6ccc7ccc8ccc(-c9ccccc9)cc8c7c6)c6ccccc56)cc4c3c2)cc1.c1ccc(-c2nc3ccccc3n2-c2c3ccccc3c(-c3ccc4ccc5ccccc5c4c3)c3ccccc23)cc1.c1ccc(-n2c(-c3ccc(-c4c5ccccc5c(-c5ccc6ccc7ccccc7c6c5)c5ccccc45)cc3)nc3ccccc32)cc1. The standard InChI is InChI=1S/C54H34.C47H30N2.C41H26N2/c1-3-11-35(12-4-1)41-27-23-37-19-21-39-25-29-43(33-51(39)49(37)31-41)53-45-15-7-9-17-47(45)54(48-18-10-8-16-46(48)53)44-30-26-40-22-20-38-24-28-42(32-50(38)52(40)34-44)36-13-5-2-6-14-36;1-2-13-36(14-3-1)49-44-21-11-10-20-43(44)48-47(49)34-27-25-33(26-28-34)45-38-16-6-8-18-40(38)46(41-19-9-7-17-39(41)45)35-29-24-32-23-22-31-12-4-5-15-37(31)42(32)30-35;1-2-13-29(14-3-1)41-42-37-20-10-11-21-38(37)43(41)40-34-18-8-6-16-32(34)39(33-17-7-9-19-35(33)40)30-25-24-28-23-22-27-12-4-5-15-31(27)36(28)26-30/h1-34H;1-30H;1-26H. The summed E-state index contributed by atoms with van der Waals surface area (Å²) in [4.78, 5) is 10.3. The molecule has 678 valence electrons. The van der Waals surface area contributed by atoms with E-state index in [1.54, 1.807) is 0 Å². The fourth-order valence-electron chi connectivity index (χ4n) is 23.4. The zero-order valence-electron chi connectivity index (χ0n) is 79.8. The maximum absolute atomic E-state index is 5.18. The van der Waals surface area contributed by atoms with Crippen molar-refractivity contribution in [3.05, 3.63) is 546 Å². The van der Waals surface area contributed by atoms with E-state index in [9.17, 15) is 0 Å². The molecule has 0 radical (unpaired) electrons. The van der Waals surface area contributed by atoms with Gasteiger partial charge >= 0.3 is 0 Å². The summed E-state index contributed by atoms with van der Waals surface area (Å²) in [5, 5.41) is 35.2. The second kappa shape index (κ2) is 35.5. The quantitative estimate of drug-likeness (QED) is 0.0956. The highest BCUT2D eigenvalue weighted by molar-refractivity contribution is 6.27. The Kier molecular flexibility index (Phi) is 20.6. The number of para-hydroxylation sites is 5. The van der Waals surface area contributed by atoms with Crippen molar-refractivity contribution < 1.29 is 0 Å². The van der Waals surface area contributed by atoms with Crippen LogP contribution >= 0.6 is 0 Å². The summed E-state index contributed by atoms with van der Waals surface area (Å²) >= 11 is 0. The second-order valence-corrected chi connectivity index (χ2v) is 38.3. The monoisotopic (exact) mass is 1850 g/mol. The number of nitrogens with zero attached hydrogens (tertiary/aromatic N) is 4. The van der Waals surface area contributed by atoms with E-state index >= 15 is 0 Å². The lowest BCUT2D eigenvalue weighted by Crippen LogP contribution is -2.01. The van der Waals surface area contributed by atoms with Crippen LogP contribution < -0.4 is 0 Å². The fourth-order valence-corrected chi connectivity index (χ4v) is 23.4. The smallest absolute Gasteiger partial charge is 0.145 e. The molecule has 2 heterocycles. The van der Waals surface area contributed by atoms with E-state index in [2.05, 4.69) is 555 Å². The fraction of sp³-hybridized carbons (Fsp3) is 0. The summed E-state index contributed by atoms with van der Waals surface area (Å²) in [7, 11) is 0. The first-order valence-corrected chi connectivity index (χ1v) is 50.3. The van der Waals surface area contributed by atoms with Crippen LogP contribution in [0.5, 0.6) is 0 Å². The Morgan fingerprint density at radius 2 is 0.329 bits per heavy atom. The van der Waals surface area contributed by atoms with Gasteiger partial charge in [0.1, 0.15) is 11.6 Å². The van der Waals surface area contributed by atoms with Crippen LogP contribution in [0, 0.1) is 0 Å². The molecule has 0 aliphatic heterocycles. The predicted octanol–water partition coefficient (Wildman–Crippen LogP) is 38.9. The molecule has 30 aromatic rings. The van der Waals surface area contributed by atoms with Crippen LogP contribution in [-0.4, -0.2) is 19.1 Å². The Hall–Kier alpha value is -19.3. The Morgan fingerprint density at radius 3 is 0.671 bits per heavy atom. The number of benzene rings is 28. The van der Waals surface area contributed by atoms with E-state index in [-0.39, 0.29) is 0 Å². The molecule has 0 saturated heterocycles. The van der Waals surface area contributed by atoms with E-state index in [0.717, 1.165) is 56.2 Å². The minimum absolute atomic E-state index is 0.938. The first-order chi connectivity index (χ1) is 72.4. The number of aromatic nitrogens is 4. The molecule has 0 spiro atoms. The first-order valence-electron chi connectivity index (χ1n) is 50.3. The van der Waals surface area contributed by atoms with E-state index in [1.807, 2.05) is 0 Å². The normalized spacial score (nSPS) is 11.7. The minimum atomic E-state index is 0.938. The van der Waals surface area contributed by atoms with Crippen LogP contribution in [0.1, 0.15) is 0 Å². The highest BCUT2D eigenvalue weighted by Gasteiger charge is 2.26. The molecule has 0 aliphatic carbocycles. The Morgan fingerprint density at radius 1 is 0.123 bits per heavy atom. The van der Waals surface area contributed by atoms with Gasteiger partial charge in [0.25, 0.3) is 0 Å². The highest BCUT2D eigenvalue weighted by Crippen LogP contribution is 2.51. The Balaban J connectivity index is 0.000000107. The van der Waals surface area contributed by atoms with Gasteiger partial charge in [-0.2, -0.15) is 0 Å². The van der Waals surface area contributed by atoms with Crippen molar-refractivity contribution in [2.24, 2.45) is 0 Å². The summed E-state index contributed by atoms with van der Waals surface area (Å²) in [6, 6.07) is 199. The van der Waals surface area contributed by atoms with Crippen molar-refractivity contribution in [2.75, 3.05) is 0 Å². The lowest BCUT2D eigenvalue weighted by Gasteiger charge is -2.20. The summed E-state index contributed by atoms with van der Waals surface area (Å²) in [6.45, 7) is 0. The van der Waals surface area contributed by atoms with Crippen molar-refractivity contribution in [3.8, 4) is 112 Å². The van der Waals surface area contributed by atoms with E-state index in [0.29, 0.717) is 0 Å². The molecule has 0 unspecified atom stereocenters. The molecule has 146 heavy (non-hydrogen) atoms. The third-order valence-electron chi connectivity index (χ3n) is 30.1. The molecule has 0 atom stereocenters. The van der Waals surface area contributed by atoms with Gasteiger partial charge in [-0.05, 0) is 291 Å². The molecule has 0 aliphatic rings. The highest BCUT2D eigenvalue weighted by atomic mass is 15.1. The average Bonchev–Trinajstić information content (AvgIpc) is 1.30. The number of imidazole rings is 2. The Bertz CT molecular complexity index is 10100. The maximum Gasteiger partial charge on any atom is 0.145 e. The molecule has 30 rings (SSSR count). The summed E-state index contributed by atoms with van der Waals surface area (Å²) in [5.41, 5.74) is 26.0. The van der Waals surface area contributed by atoms with Gasteiger partial charge in [-0.1, -0.05) is 473 Å². The van der Waals surface area contributed by atoms with Crippen LogP contribution in [0.3, 0.4) is 0 Å². The summed E-state index contributed by atoms with van der Waals surface area (Å²) < 4.78 is 4.63. The lowest BCUT2D eigenvalue weighted by atomic mass is 9.84. The van der Waals surface area contributed by atoms with E-state index in [4.69, 9.17) is 9.97 Å². The topological polar surface area (TPSA) is 35.6 Å². The van der Waals surface area contributed by atoms with Gasteiger partial charge in [0, 0.05) is 27.6 Å². The number of hydrogen-bond donors (Lipinski definition) is 0. The molecule has 4 heteroatoms. The van der Waals surface area contributed by atoms with Crippen molar-refractivity contribution in [2.45, 2.75) is 0 Å². The van der Waals surface area contributed by atoms with Gasteiger partial charge < -0.3 is 0 Å². The molecular formula is C142H90N4. The van der Waals surface area contributed by atoms with E-state index < -0.39 is 0 Å². The second-order valence-electron chi connectivity index (χ2n) is 38.3. The molecule has 4 nitrogen and oxygen atoms in total. The van der Waals surface area contributed by atoms with Crippen molar-refractivity contribution in [3.63, 3.8) is 0 Å². The third-order valence-corrected chi connectivity index (χ3v) is 30.1. The van der Waals surface area contributed by atoms with Crippen molar-refractivity contribution >= 4 is 173 Å². The van der Waals surface area contributed by atoms with Crippen LogP contribution in [0.15, 0.2) is 546 Å². The number of hydrogen-bond acceptors (Lipinski definition) is 2. The number of fused-ring (bicyclic) bond motifs is 20. The molecule has 0 bridgehead atoms. The zero-order valence-corrected chi connectivity index (χ0v) is 79.8. The van der Waals surface area contributed by atoms with Gasteiger partial charge in [-0.25, -0.2) is 9.97 Å². The number of rotatable bonds is 11. The van der Waals surface area contributed by atoms with Gasteiger partial charge in [-0.15, -0.1) is 0 Å². The Labute approximate surface area is 843 Å². The molecule has 0 saturated carbocycles. The van der Waals surface area contributed by atoms with Crippen molar-refractivity contribution in [1.82, 2.24) is 19.1 Å². The molecule has 0 fully saturated rings. The molecule has 0 amide bonds. The molecular weight excluding hydrogens is 1760 g/mol. The van der Waals surface area contributed by atoms with Crippen LogP contribution in [-0.2, 0) is 0 Å². The first kappa shape index (κ1) is 84.8. The lowest BCUT2D eigenvalue weighted by molar-refractivity contribution is 1.10. The van der Waals surface area contributed by atoms with Gasteiger partial charge in [0.05, 0.1) is 27.8 Å². The van der Waals surface area contributed by atoms with Gasteiger partial charge in [0.2, 0.25) is 0 Å². The van der Waals surface area contributed by atoms with Crippen LogP contribution in [0.2, 0.25) is 0 Å². The molecule has 28 aromatic carbocycles.